The summed E-state index contributed by atoms with van der Waals surface area (Å²) in [4.78, 5) is 14.0. The fraction of sp³-hybridized carbons (Fsp3) is 0.381. The molecule has 27 heavy (non-hydrogen) atoms. The number of rotatable bonds is 5. The van der Waals surface area contributed by atoms with E-state index in [0.717, 1.165) is 17.5 Å². The van der Waals surface area contributed by atoms with Gasteiger partial charge in [0, 0.05) is 25.2 Å². The summed E-state index contributed by atoms with van der Waals surface area (Å²) in [6.07, 6.45) is 1.28. The maximum atomic E-state index is 12.7. The van der Waals surface area contributed by atoms with Gasteiger partial charge in [0.1, 0.15) is 0 Å². The minimum absolute atomic E-state index is 0.122. The number of nitrogens with one attached hydrogen (secondary N) is 1. The molecule has 0 spiro atoms. The second kappa shape index (κ2) is 7.72. The molecule has 3 rings (SSSR count). The van der Waals surface area contributed by atoms with Crippen molar-refractivity contribution >= 4 is 21.6 Å². The predicted octanol–water partition coefficient (Wildman–Crippen LogP) is 3.91. The van der Waals surface area contributed by atoms with Gasteiger partial charge >= 0.3 is 0 Å². The zero-order valence-corrected chi connectivity index (χ0v) is 16.8. The summed E-state index contributed by atoms with van der Waals surface area (Å²) in [7, 11) is -3.65. The topological polar surface area (TPSA) is 66.5 Å². The van der Waals surface area contributed by atoms with Crippen LogP contribution in [0.15, 0.2) is 47.4 Å². The second-order valence-electron chi connectivity index (χ2n) is 7.23. The molecule has 0 unspecified atom stereocenters. The number of anilines is 1. The lowest BCUT2D eigenvalue weighted by atomic mass is 9.99. The highest BCUT2D eigenvalue weighted by Crippen LogP contribution is 2.25. The van der Waals surface area contributed by atoms with Gasteiger partial charge in [-0.05, 0) is 53.3 Å². The minimum Gasteiger partial charge on any atom is -0.338 e. The van der Waals surface area contributed by atoms with Gasteiger partial charge in [0.25, 0.3) is 10.0 Å². The van der Waals surface area contributed by atoms with Gasteiger partial charge < -0.3 is 4.90 Å². The Labute approximate surface area is 161 Å². The standard InChI is InChI=1S/C21H26N2O3S/c1-4-21(24)23-12-11-17-5-8-19(13-18(17)14-23)22-27(25,26)20-9-6-16(7-10-20)15(2)3/h5-10,13,15,22H,4,11-12,14H2,1-3H3. The molecule has 2 aromatic rings. The smallest absolute Gasteiger partial charge is 0.261 e. The zero-order valence-electron chi connectivity index (χ0n) is 16.0. The molecule has 1 amide bonds. The molecule has 2 aromatic carbocycles. The summed E-state index contributed by atoms with van der Waals surface area (Å²) in [5.74, 6) is 0.473. The van der Waals surface area contributed by atoms with E-state index in [1.54, 1.807) is 18.2 Å². The lowest BCUT2D eigenvalue weighted by Gasteiger charge is -2.29. The first-order valence-corrected chi connectivity index (χ1v) is 10.8. The number of benzene rings is 2. The molecule has 1 aliphatic heterocycles. The molecule has 0 radical (unpaired) electrons. The highest BCUT2D eigenvalue weighted by Gasteiger charge is 2.21. The maximum absolute atomic E-state index is 12.7. The van der Waals surface area contributed by atoms with Crippen molar-refractivity contribution in [3.63, 3.8) is 0 Å². The van der Waals surface area contributed by atoms with Gasteiger partial charge in [0.05, 0.1) is 4.90 Å². The van der Waals surface area contributed by atoms with Gasteiger partial charge in [-0.3, -0.25) is 9.52 Å². The molecular formula is C21H26N2O3S. The Bertz CT molecular complexity index is 934. The number of nitrogens with zero attached hydrogens (tertiary/aromatic N) is 1. The van der Waals surface area contributed by atoms with E-state index in [1.165, 1.54) is 5.56 Å². The molecular weight excluding hydrogens is 360 g/mol. The van der Waals surface area contributed by atoms with Gasteiger partial charge in [-0.2, -0.15) is 0 Å². The Hall–Kier alpha value is -2.34. The van der Waals surface area contributed by atoms with Gasteiger partial charge in [-0.25, -0.2) is 8.42 Å². The monoisotopic (exact) mass is 386 g/mol. The predicted molar refractivity (Wildman–Crippen MR) is 107 cm³/mol. The Morgan fingerprint density at radius 2 is 1.81 bits per heavy atom. The van der Waals surface area contributed by atoms with Crippen molar-refractivity contribution in [2.75, 3.05) is 11.3 Å². The highest BCUT2D eigenvalue weighted by atomic mass is 32.2. The van der Waals surface area contributed by atoms with Gasteiger partial charge in [0.2, 0.25) is 5.91 Å². The summed E-state index contributed by atoms with van der Waals surface area (Å²) >= 11 is 0. The first kappa shape index (κ1) is 19.4. The van der Waals surface area contributed by atoms with Crippen LogP contribution in [0, 0.1) is 0 Å². The summed E-state index contributed by atoms with van der Waals surface area (Å²) in [6, 6.07) is 12.5. The SMILES string of the molecule is CCC(=O)N1CCc2ccc(NS(=O)(=O)c3ccc(C(C)C)cc3)cc2C1. The van der Waals surface area contributed by atoms with E-state index in [4.69, 9.17) is 0 Å². The number of fused-ring (bicyclic) bond motifs is 1. The third kappa shape index (κ3) is 4.33. The van der Waals surface area contributed by atoms with Crippen molar-refractivity contribution in [2.24, 2.45) is 0 Å². The van der Waals surface area contributed by atoms with Crippen LogP contribution in [0.25, 0.3) is 0 Å². The van der Waals surface area contributed by atoms with Crippen molar-refractivity contribution in [2.45, 2.75) is 51.0 Å². The molecule has 0 atom stereocenters. The number of sulfonamides is 1. The number of hydrogen-bond donors (Lipinski definition) is 1. The summed E-state index contributed by atoms with van der Waals surface area (Å²) < 4.78 is 28.0. The van der Waals surface area contributed by atoms with Crippen LogP contribution >= 0.6 is 0 Å². The van der Waals surface area contributed by atoms with Crippen LogP contribution in [0.3, 0.4) is 0 Å². The fourth-order valence-corrected chi connectivity index (χ4v) is 4.35. The Balaban J connectivity index is 1.80. The molecule has 0 bridgehead atoms. The van der Waals surface area contributed by atoms with Crippen LogP contribution in [0.4, 0.5) is 5.69 Å². The largest absolute Gasteiger partial charge is 0.338 e. The van der Waals surface area contributed by atoms with E-state index >= 15 is 0 Å². The maximum Gasteiger partial charge on any atom is 0.261 e. The van der Waals surface area contributed by atoms with E-state index in [2.05, 4.69) is 18.6 Å². The number of hydrogen-bond acceptors (Lipinski definition) is 3. The molecule has 1 aliphatic rings. The average Bonchev–Trinajstić information content (AvgIpc) is 2.66. The van der Waals surface area contributed by atoms with Crippen molar-refractivity contribution in [1.29, 1.82) is 0 Å². The quantitative estimate of drug-likeness (QED) is 0.847. The van der Waals surface area contributed by atoms with Crippen molar-refractivity contribution < 1.29 is 13.2 Å². The van der Waals surface area contributed by atoms with Crippen LogP contribution in [0.1, 0.15) is 49.8 Å². The van der Waals surface area contributed by atoms with Crippen molar-refractivity contribution in [1.82, 2.24) is 4.90 Å². The number of carbonyl (C=O) groups is 1. The van der Waals surface area contributed by atoms with Gasteiger partial charge in [0.15, 0.2) is 0 Å². The van der Waals surface area contributed by atoms with E-state index in [9.17, 15) is 13.2 Å². The molecule has 1 heterocycles. The van der Waals surface area contributed by atoms with Gasteiger partial charge in [-0.15, -0.1) is 0 Å². The van der Waals surface area contributed by atoms with E-state index in [0.29, 0.717) is 31.1 Å². The molecule has 144 valence electrons. The first-order chi connectivity index (χ1) is 12.8. The number of carbonyl (C=O) groups excluding carboxylic acids is 1. The Morgan fingerprint density at radius 3 is 2.44 bits per heavy atom. The summed E-state index contributed by atoms with van der Waals surface area (Å²) in [5.41, 5.74) is 3.79. The first-order valence-electron chi connectivity index (χ1n) is 9.32. The molecule has 0 fully saturated rings. The molecule has 0 aromatic heterocycles. The lowest BCUT2D eigenvalue weighted by Crippen LogP contribution is -2.35. The van der Waals surface area contributed by atoms with E-state index < -0.39 is 10.0 Å². The summed E-state index contributed by atoms with van der Waals surface area (Å²) in [6.45, 7) is 7.24. The Kier molecular flexibility index (Phi) is 5.56. The van der Waals surface area contributed by atoms with E-state index in [-0.39, 0.29) is 10.8 Å². The van der Waals surface area contributed by atoms with Crippen LogP contribution in [0.5, 0.6) is 0 Å². The molecule has 0 saturated heterocycles. The third-order valence-electron chi connectivity index (χ3n) is 4.98. The van der Waals surface area contributed by atoms with E-state index in [1.807, 2.05) is 36.1 Å². The Morgan fingerprint density at radius 1 is 1.11 bits per heavy atom. The minimum atomic E-state index is -3.65. The van der Waals surface area contributed by atoms with Gasteiger partial charge in [-0.1, -0.05) is 39.0 Å². The third-order valence-corrected chi connectivity index (χ3v) is 6.38. The highest BCUT2D eigenvalue weighted by molar-refractivity contribution is 7.92. The molecule has 0 aliphatic carbocycles. The zero-order chi connectivity index (χ0) is 19.6. The second-order valence-corrected chi connectivity index (χ2v) is 8.91. The van der Waals surface area contributed by atoms with Crippen LogP contribution in [-0.4, -0.2) is 25.8 Å². The average molecular weight is 387 g/mol. The van der Waals surface area contributed by atoms with Crippen molar-refractivity contribution in [3.8, 4) is 0 Å². The lowest BCUT2D eigenvalue weighted by molar-refractivity contribution is -0.131. The molecule has 0 saturated carbocycles. The fourth-order valence-electron chi connectivity index (χ4n) is 3.30. The van der Waals surface area contributed by atoms with Crippen LogP contribution < -0.4 is 4.72 Å². The molecule has 1 N–H and O–H groups in total. The van der Waals surface area contributed by atoms with Crippen molar-refractivity contribution in [3.05, 3.63) is 59.2 Å². The van der Waals surface area contributed by atoms with Crippen LogP contribution in [0.2, 0.25) is 0 Å². The normalized spacial score (nSPS) is 14.1. The van der Waals surface area contributed by atoms with Crippen LogP contribution in [-0.2, 0) is 27.8 Å². The number of amides is 1. The molecule has 5 nitrogen and oxygen atoms in total. The summed E-state index contributed by atoms with van der Waals surface area (Å²) in [5, 5.41) is 0. The molecule has 6 heteroatoms.